The summed E-state index contributed by atoms with van der Waals surface area (Å²) in [5.74, 6) is 0. The Morgan fingerprint density at radius 2 is 1.67 bits per heavy atom. The fraction of sp³-hybridized carbons (Fsp3) is 0.250. The van der Waals surface area contributed by atoms with Gasteiger partial charge in [0.1, 0.15) is 0 Å². The fourth-order valence-corrected chi connectivity index (χ4v) is 2.91. The number of halogens is 2. The molecule has 0 aliphatic heterocycles. The van der Waals surface area contributed by atoms with Gasteiger partial charge in [-0.2, -0.15) is 0 Å². The molecule has 0 saturated heterocycles. The van der Waals surface area contributed by atoms with Gasteiger partial charge in [-0.1, -0.05) is 36.0 Å². The molecule has 0 radical (unpaired) electrons. The van der Waals surface area contributed by atoms with E-state index in [0.29, 0.717) is 0 Å². The van der Waals surface area contributed by atoms with Crippen molar-refractivity contribution < 1.29 is 0 Å². The third-order valence-electron chi connectivity index (χ3n) is 2.84. The van der Waals surface area contributed by atoms with Crippen LogP contribution in [-0.4, -0.2) is 19.0 Å². The van der Waals surface area contributed by atoms with Crippen molar-refractivity contribution in [2.24, 2.45) is 0 Å². The topological polar surface area (TPSA) is 29.3 Å². The molecule has 0 aliphatic rings. The lowest BCUT2D eigenvalue weighted by Gasteiger charge is -2.14. The third-order valence-corrected chi connectivity index (χ3v) is 4.05. The number of rotatable bonds is 4. The first kappa shape index (κ1) is 20.1. The van der Waals surface area contributed by atoms with Crippen LogP contribution < -0.4 is 5.73 Å². The third kappa shape index (κ3) is 5.79. The Morgan fingerprint density at radius 1 is 1.00 bits per heavy atom. The number of nitrogens with zero attached hydrogens (tertiary/aromatic N) is 1. The maximum Gasteiger partial charge on any atom is 0.0458 e. The SMILES string of the molecule is Cc1ccc(Sc2ccccc2CN(C)C)c(N)c1.Cl.Cl. The van der Waals surface area contributed by atoms with E-state index < -0.39 is 0 Å². The van der Waals surface area contributed by atoms with E-state index >= 15 is 0 Å². The lowest BCUT2D eigenvalue weighted by Crippen LogP contribution is -2.11. The molecule has 0 amide bonds. The minimum absolute atomic E-state index is 0. The monoisotopic (exact) mass is 344 g/mol. The summed E-state index contributed by atoms with van der Waals surface area (Å²) in [6.45, 7) is 3.00. The van der Waals surface area contributed by atoms with Gasteiger partial charge in [0.05, 0.1) is 0 Å². The van der Waals surface area contributed by atoms with Crippen molar-refractivity contribution in [3.05, 3.63) is 53.6 Å². The lowest BCUT2D eigenvalue weighted by molar-refractivity contribution is 0.399. The second kappa shape index (κ2) is 9.21. The lowest BCUT2D eigenvalue weighted by atomic mass is 10.2. The van der Waals surface area contributed by atoms with Crippen molar-refractivity contribution in [2.45, 2.75) is 23.3 Å². The molecule has 0 unspecified atom stereocenters. The molecular formula is C16H22Cl2N2S. The first-order valence-electron chi connectivity index (χ1n) is 6.33. The predicted molar refractivity (Wildman–Crippen MR) is 98.0 cm³/mol. The Bertz CT molecular complexity index is 574. The summed E-state index contributed by atoms with van der Waals surface area (Å²) in [6, 6.07) is 14.7. The van der Waals surface area contributed by atoms with Crippen molar-refractivity contribution in [1.29, 1.82) is 0 Å². The Hall–Kier alpha value is -0.870. The van der Waals surface area contributed by atoms with Crippen LogP contribution in [0.25, 0.3) is 0 Å². The molecule has 0 saturated carbocycles. The van der Waals surface area contributed by atoms with Crippen molar-refractivity contribution in [1.82, 2.24) is 4.90 Å². The van der Waals surface area contributed by atoms with Gasteiger partial charge in [0.2, 0.25) is 0 Å². The standard InChI is InChI=1S/C16H20N2S.2ClH/c1-12-8-9-16(14(17)10-12)19-15-7-5-4-6-13(15)11-18(2)3;;/h4-10H,11,17H2,1-3H3;2*1H. The van der Waals surface area contributed by atoms with E-state index in [0.717, 1.165) is 17.1 Å². The maximum absolute atomic E-state index is 6.09. The largest absolute Gasteiger partial charge is 0.398 e. The van der Waals surface area contributed by atoms with Gasteiger partial charge in [-0.15, -0.1) is 24.8 Å². The van der Waals surface area contributed by atoms with Crippen LogP contribution in [0.2, 0.25) is 0 Å². The van der Waals surface area contributed by atoms with Crippen LogP contribution in [0.5, 0.6) is 0 Å². The molecule has 2 N–H and O–H groups in total. The first-order chi connectivity index (χ1) is 9.06. The summed E-state index contributed by atoms with van der Waals surface area (Å²) in [5.41, 5.74) is 9.47. The number of benzene rings is 2. The summed E-state index contributed by atoms with van der Waals surface area (Å²) < 4.78 is 0. The molecule has 0 spiro atoms. The van der Waals surface area contributed by atoms with Gasteiger partial charge in [0.15, 0.2) is 0 Å². The summed E-state index contributed by atoms with van der Waals surface area (Å²) >= 11 is 1.74. The molecule has 0 aliphatic carbocycles. The zero-order chi connectivity index (χ0) is 13.8. The second-order valence-corrected chi connectivity index (χ2v) is 6.07. The average molecular weight is 345 g/mol. The molecule has 5 heteroatoms. The van der Waals surface area contributed by atoms with E-state index in [2.05, 4.69) is 62.3 Å². The van der Waals surface area contributed by atoms with E-state index in [1.165, 1.54) is 16.0 Å². The summed E-state index contributed by atoms with van der Waals surface area (Å²) in [4.78, 5) is 4.57. The van der Waals surface area contributed by atoms with Crippen LogP contribution >= 0.6 is 36.6 Å². The summed E-state index contributed by atoms with van der Waals surface area (Å²) in [5, 5.41) is 0. The fourth-order valence-electron chi connectivity index (χ4n) is 1.95. The van der Waals surface area contributed by atoms with Crippen LogP contribution in [0.15, 0.2) is 52.3 Å². The van der Waals surface area contributed by atoms with E-state index in [9.17, 15) is 0 Å². The molecule has 2 aromatic rings. The summed E-state index contributed by atoms with van der Waals surface area (Å²) in [6.07, 6.45) is 0. The number of hydrogen-bond donors (Lipinski definition) is 1. The Labute approximate surface area is 143 Å². The quantitative estimate of drug-likeness (QED) is 0.819. The molecular weight excluding hydrogens is 323 g/mol. The highest BCUT2D eigenvalue weighted by Gasteiger charge is 2.07. The minimum Gasteiger partial charge on any atom is -0.398 e. The normalized spacial score (nSPS) is 9.90. The highest BCUT2D eigenvalue weighted by atomic mass is 35.5. The van der Waals surface area contributed by atoms with Gasteiger partial charge in [0, 0.05) is 22.0 Å². The van der Waals surface area contributed by atoms with Crippen LogP contribution in [-0.2, 0) is 6.54 Å². The molecule has 0 heterocycles. The van der Waals surface area contributed by atoms with Crippen molar-refractivity contribution in [3.8, 4) is 0 Å². The second-order valence-electron chi connectivity index (χ2n) is 4.99. The smallest absolute Gasteiger partial charge is 0.0458 e. The predicted octanol–water partition coefficient (Wildman–Crippen LogP) is 4.63. The Kier molecular flexibility index (Phi) is 8.83. The maximum atomic E-state index is 6.09. The zero-order valence-corrected chi connectivity index (χ0v) is 14.9. The van der Waals surface area contributed by atoms with E-state index in [1.54, 1.807) is 11.8 Å². The molecule has 0 fully saturated rings. The van der Waals surface area contributed by atoms with E-state index in [4.69, 9.17) is 5.73 Å². The minimum atomic E-state index is 0. The molecule has 2 rings (SSSR count). The molecule has 2 aromatic carbocycles. The van der Waals surface area contributed by atoms with Gasteiger partial charge in [0.25, 0.3) is 0 Å². The van der Waals surface area contributed by atoms with Gasteiger partial charge >= 0.3 is 0 Å². The number of nitrogen functional groups attached to an aromatic ring is 1. The van der Waals surface area contributed by atoms with Crippen LogP contribution in [0.3, 0.4) is 0 Å². The van der Waals surface area contributed by atoms with Crippen LogP contribution in [0.4, 0.5) is 5.69 Å². The number of nitrogens with two attached hydrogens (primary N) is 1. The number of anilines is 1. The number of aryl methyl sites for hydroxylation is 1. The zero-order valence-electron chi connectivity index (χ0n) is 12.5. The van der Waals surface area contributed by atoms with E-state index in [-0.39, 0.29) is 24.8 Å². The Morgan fingerprint density at radius 3 is 2.29 bits per heavy atom. The molecule has 0 atom stereocenters. The van der Waals surface area contributed by atoms with Crippen molar-refractivity contribution in [3.63, 3.8) is 0 Å². The van der Waals surface area contributed by atoms with Gasteiger partial charge < -0.3 is 10.6 Å². The molecule has 0 aromatic heterocycles. The van der Waals surface area contributed by atoms with Crippen LogP contribution in [0.1, 0.15) is 11.1 Å². The summed E-state index contributed by atoms with van der Waals surface area (Å²) in [7, 11) is 4.17. The first-order valence-corrected chi connectivity index (χ1v) is 7.14. The molecule has 21 heavy (non-hydrogen) atoms. The van der Waals surface area contributed by atoms with Crippen molar-refractivity contribution in [2.75, 3.05) is 19.8 Å². The highest BCUT2D eigenvalue weighted by molar-refractivity contribution is 7.99. The molecule has 116 valence electrons. The highest BCUT2D eigenvalue weighted by Crippen LogP contribution is 2.34. The van der Waals surface area contributed by atoms with Crippen LogP contribution in [0, 0.1) is 6.92 Å². The van der Waals surface area contributed by atoms with Gasteiger partial charge in [-0.3, -0.25) is 0 Å². The molecule has 0 bridgehead atoms. The average Bonchev–Trinajstić information content (AvgIpc) is 2.34. The van der Waals surface area contributed by atoms with Gasteiger partial charge in [-0.25, -0.2) is 0 Å². The number of hydrogen-bond acceptors (Lipinski definition) is 3. The van der Waals surface area contributed by atoms with Gasteiger partial charge in [-0.05, 0) is 50.3 Å². The molecule has 2 nitrogen and oxygen atoms in total. The van der Waals surface area contributed by atoms with Crippen molar-refractivity contribution >= 4 is 42.3 Å². The Balaban J connectivity index is 0.00000200. The van der Waals surface area contributed by atoms with E-state index in [1.807, 2.05) is 6.07 Å².